The Morgan fingerprint density at radius 1 is 1.33 bits per heavy atom. The fraction of sp³-hybridized carbons (Fsp3) is 0.400. The molecule has 0 aliphatic carbocycles. The Morgan fingerprint density at radius 2 is 2.07 bits per heavy atom. The lowest BCUT2D eigenvalue weighted by Gasteiger charge is -2.03. The molecule has 1 heterocycles. The van der Waals surface area contributed by atoms with Crippen LogP contribution in [0.15, 0.2) is 17.5 Å². The molecular formula is C10H12O4S. The number of carbonyl (C=O) groups is 2. The lowest BCUT2D eigenvalue weighted by Crippen LogP contribution is -2.13. The second-order valence-electron chi connectivity index (χ2n) is 2.82. The van der Waals surface area contributed by atoms with Crippen molar-refractivity contribution in [1.82, 2.24) is 0 Å². The first-order chi connectivity index (χ1) is 7.18. The summed E-state index contributed by atoms with van der Waals surface area (Å²) in [7, 11) is 0. The average Bonchev–Trinajstić information content (AvgIpc) is 2.64. The van der Waals surface area contributed by atoms with Crippen molar-refractivity contribution in [2.75, 3.05) is 13.2 Å². The molecule has 0 saturated carbocycles. The molecule has 0 N–H and O–H groups in total. The molecule has 0 aliphatic heterocycles. The lowest BCUT2D eigenvalue weighted by molar-refractivity contribution is -0.150. The van der Waals surface area contributed by atoms with Crippen molar-refractivity contribution < 1.29 is 19.1 Å². The molecule has 0 radical (unpaired) electrons. The molecular weight excluding hydrogens is 216 g/mol. The number of thiophene rings is 1. The maximum Gasteiger partial charge on any atom is 0.311 e. The molecule has 0 bridgehead atoms. The fourth-order valence-corrected chi connectivity index (χ4v) is 1.64. The van der Waals surface area contributed by atoms with Crippen LogP contribution in [-0.2, 0) is 25.5 Å². The molecule has 0 amide bonds. The second-order valence-corrected chi connectivity index (χ2v) is 3.85. The zero-order chi connectivity index (χ0) is 11.1. The van der Waals surface area contributed by atoms with Crippen molar-refractivity contribution in [3.8, 4) is 0 Å². The van der Waals surface area contributed by atoms with Crippen LogP contribution in [0.25, 0.3) is 0 Å². The predicted octanol–water partition coefficient (Wildman–Crippen LogP) is 1.40. The maximum absolute atomic E-state index is 11.2. The molecule has 0 saturated heterocycles. The predicted molar refractivity (Wildman–Crippen MR) is 55.6 cm³/mol. The van der Waals surface area contributed by atoms with Crippen molar-refractivity contribution in [2.45, 2.75) is 13.3 Å². The first-order valence-electron chi connectivity index (χ1n) is 4.50. The van der Waals surface area contributed by atoms with Crippen LogP contribution in [0.2, 0.25) is 0 Å². The Kier molecular flexibility index (Phi) is 4.83. The Hall–Kier alpha value is -1.36. The lowest BCUT2D eigenvalue weighted by atomic mass is 10.3. The van der Waals surface area contributed by atoms with Crippen molar-refractivity contribution in [3.63, 3.8) is 0 Å². The van der Waals surface area contributed by atoms with Crippen LogP contribution in [-0.4, -0.2) is 25.2 Å². The first kappa shape index (κ1) is 11.7. The van der Waals surface area contributed by atoms with Crippen LogP contribution >= 0.6 is 11.3 Å². The molecule has 5 heteroatoms. The van der Waals surface area contributed by atoms with Gasteiger partial charge in [-0.05, 0) is 11.4 Å². The van der Waals surface area contributed by atoms with Crippen molar-refractivity contribution in [3.05, 3.63) is 22.4 Å². The van der Waals surface area contributed by atoms with Crippen molar-refractivity contribution in [2.24, 2.45) is 0 Å². The Balaban J connectivity index is 2.11. The number of ether oxygens (including phenoxy) is 2. The number of esters is 2. The van der Waals surface area contributed by atoms with Gasteiger partial charge in [0, 0.05) is 11.8 Å². The highest BCUT2D eigenvalue weighted by Gasteiger charge is 2.05. The van der Waals surface area contributed by atoms with Crippen molar-refractivity contribution >= 4 is 23.3 Å². The molecule has 0 aromatic carbocycles. The van der Waals surface area contributed by atoms with E-state index in [2.05, 4.69) is 4.74 Å². The van der Waals surface area contributed by atoms with Crippen LogP contribution in [0.5, 0.6) is 0 Å². The highest BCUT2D eigenvalue weighted by Crippen LogP contribution is 2.09. The summed E-state index contributed by atoms with van der Waals surface area (Å²) in [4.78, 5) is 22.5. The SMILES string of the molecule is CC(=O)OCCOC(=O)Cc1cccs1. The minimum atomic E-state index is -0.371. The third kappa shape index (κ3) is 5.17. The summed E-state index contributed by atoms with van der Waals surface area (Å²) < 4.78 is 9.47. The summed E-state index contributed by atoms with van der Waals surface area (Å²) in [6, 6.07) is 3.75. The van der Waals surface area contributed by atoms with Gasteiger partial charge in [-0.25, -0.2) is 0 Å². The van der Waals surface area contributed by atoms with Crippen LogP contribution < -0.4 is 0 Å². The van der Waals surface area contributed by atoms with Crippen LogP contribution in [0.4, 0.5) is 0 Å². The standard InChI is InChI=1S/C10H12O4S/c1-8(11)13-4-5-14-10(12)7-9-3-2-6-15-9/h2-3,6H,4-5,7H2,1H3. The van der Waals surface area contributed by atoms with Gasteiger partial charge in [-0.1, -0.05) is 6.07 Å². The molecule has 0 unspecified atom stereocenters. The molecule has 0 spiro atoms. The zero-order valence-electron chi connectivity index (χ0n) is 8.39. The summed E-state index contributed by atoms with van der Waals surface area (Å²) >= 11 is 1.51. The van der Waals surface area contributed by atoms with Gasteiger partial charge in [0.1, 0.15) is 13.2 Å². The normalized spacial score (nSPS) is 9.67. The molecule has 1 rings (SSSR count). The molecule has 1 aromatic rings. The van der Waals surface area contributed by atoms with Gasteiger partial charge >= 0.3 is 11.9 Å². The first-order valence-corrected chi connectivity index (χ1v) is 5.38. The van der Waals surface area contributed by atoms with Crippen LogP contribution in [0.3, 0.4) is 0 Å². The quantitative estimate of drug-likeness (QED) is 0.564. The largest absolute Gasteiger partial charge is 0.462 e. The topological polar surface area (TPSA) is 52.6 Å². The number of rotatable bonds is 5. The van der Waals surface area contributed by atoms with Crippen LogP contribution in [0, 0.1) is 0 Å². The van der Waals surface area contributed by atoms with Gasteiger partial charge in [-0.3, -0.25) is 9.59 Å². The minimum Gasteiger partial charge on any atom is -0.462 e. The summed E-state index contributed by atoms with van der Waals surface area (Å²) in [5, 5.41) is 1.90. The fourth-order valence-electron chi connectivity index (χ4n) is 0.947. The highest BCUT2D eigenvalue weighted by molar-refractivity contribution is 7.10. The van der Waals surface area contributed by atoms with E-state index in [0.29, 0.717) is 0 Å². The number of carbonyl (C=O) groups excluding carboxylic acids is 2. The molecule has 0 fully saturated rings. The second kappa shape index (κ2) is 6.19. The Morgan fingerprint density at radius 3 is 2.67 bits per heavy atom. The molecule has 0 atom stereocenters. The highest BCUT2D eigenvalue weighted by atomic mass is 32.1. The minimum absolute atomic E-state index is 0.115. The smallest absolute Gasteiger partial charge is 0.311 e. The Labute approximate surface area is 91.8 Å². The molecule has 1 aromatic heterocycles. The Bertz CT molecular complexity index is 318. The third-order valence-electron chi connectivity index (χ3n) is 1.55. The van der Waals surface area contributed by atoms with Gasteiger partial charge in [-0.2, -0.15) is 0 Å². The summed E-state index contributed by atoms with van der Waals surface area (Å²) in [6.07, 6.45) is 0.276. The van der Waals surface area contributed by atoms with E-state index in [-0.39, 0.29) is 31.6 Å². The van der Waals surface area contributed by atoms with Gasteiger partial charge in [0.25, 0.3) is 0 Å². The van der Waals surface area contributed by atoms with Gasteiger partial charge in [0.15, 0.2) is 0 Å². The van der Waals surface area contributed by atoms with Gasteiger partial charge in [0.2, 0.25) is 0 Å². The van der Waals surface area contributed by atoms with E-state index in [1.54, 1.807) is 0 Å². The van der Waals surface area contributed by atoms with Gasteiger partial charge < -0.3 is 9.47 Å². The van der Waals surface area contributed by atoms with Crippen LogP contribution in [0.1, 0.15) is 11.8 Å². The van der Waals surface area contributed by atoms with Gasteiger partial charge in [-0.15, -0.1) is 11.3 Å². The monoisotopic (exact) mass is 228 g/mol. The average molecular weight is 228 g/mol. The van der Waals surface area contributed by atoms with E-state index in [1.165, 1.54) is 18.3 Å². The zero-order valence-corrected chi connectivity index (χ0v) is 9.21. The summed E-state index contributed by atoms with van der Waals surface area (Å²) in [5.74, 6) is -0.672. The van der Waals surface area contributed by atoms with E-state index >= 15 is 0 Å². The van der Waals surface area contributed by atoms with Crippen molar-refractivity contribution in [1.29, 1.82) is 0 Å². The molecule has 0 aliphatic rings. The molecule has 4 nitrogen and oxygen atoms in total. The van der Waals surface area contributed by atoms with Gasteiger partial charge in [0.05, 0.1) is 6.42 Å². The summed E-state index contributed by atoms with van der Waals surface area (Å²) in [6.45, 7) is 1.54. The van der Waals surface area contributed by atoms with E-state index in [1.807, 2.05) is 17.5 Å². The number of hydrogen-bond donors (Lipinski definition) is 0. The van der Waals surface area contributed by atoms with E-state index in [0.717, 1.165) is 4.88 Å². The number of hydrogen-bond acceptors (Lipinski definition) is 5. The molecule has 82 valence electrons. The molecule has 15 heavy (non-hydrogen) atoms. The third-order valence-corrected chi connectivity index (χ3v) is 2.43. The van der Waals surface area contributed by atoms with E-state index in [4.69, 9.17) is 4.74 Å². The maximum atomic E-state index is 11.2. The van der Waals surface area contributed by atoms with E-state index in [9.17, 15) is 9.59 Å². The van der Waals surface area contributed by atoms with E-state index < -0.39 is 0 Å². The summed E-state index contributed by atoms with van der Waals surface area (Å²) in [5.41, 5.74) is 0.